The van der Waals surface area contributed by atoms with Gasteiger partial charge in [-0.25, -0.2) is 9.97 Å². The normalized spacial score (nSPS) is 15.5. The molecule has 0 saturated carbocycles. The number of Topliss-reactive ketones (excluding diaryl/α,β-unsaturated/α-hetero) is 1. The number of nitrogens with zero attached hydrogens (tertiary/aromatic N) is 5. The number of carbonyl (C=O) groups is 1. The van der Waals surface area contributed by atoms with Crippen molar-refractivity contribution in [3.05, 3.63) is 112 Å². The number of ketones is 1. The first-order valence-corrected chi connectivity index (χ1v) is 13.7. The van der Waals surface area contributed by atoms with Crippen LogP contribution in [-0.2, 0) is 19.5 Å². The monoisotopic (exact) mass is 570 g/mol. The summed E-state index contributed by atoms with van der Waals surface area (Å²) >= 11 is 3.29. The zero-order valence-corrected chi connectivity index (χ0v) is 22.8. The molecule has 5 rings (SSSR count). The number of hydrogen-bond donors (Lipinski definition) is 1. The number of rotatable bonds is 9. The number of aromatic nitrogens is 3. The number of halogens is 1. The van der Waals surface area contributed by atoms with Crippen molar-refractivity contribution >= 4 is 33.2 Å². The van der Waals surface area contributed by atoms with Crippen molar-refractivity contribution in [1.82, 2.24) is 19.9 Å². The van der Waals surface area contributed by atoms with Crippen molar-refractivity contribution in [3.63, 3.8) is 0 Å². The van der Waals surface area contributed by atoms with Crippen molar-refractivity contribution in [1.29, 1.82) is 0 Å². The van der Waals surface area contributed by atoms with Crippen molar-refractivity contribution in [2.45, 2.75) is 38.4 Å². The van der Waals surface area contributed by atoms with E-state index in [4.69, 9.17) is 5.73 Å². The minimum absolute atomic E-state index is 0.138. The smallest absolute Gasteiger partial charge is 0.189 e. The molecule has 3 heterocycles. The van der Waals surface area contributed by atoms with Crippen LogP contribution in [0, 0.1) is 0 Å². The molecular weight excluding hydrogens is 540 g/mol. The van der Waals surface area contributed by atoms with E-state index < -0.39 is 0 Å². The molecule has 1 aliphatic heterocycles. The molecule has 38 heavy (non-hydrogen) atoms. The summed E-state index contributed by atoms with van der Waals surface area (Å²) in [6.07, 6.45) is 7.43. The third-order valence-corrected chi connectivity index (χ3v) is 7.36. The molecular formula is C30H31BrN6O. The predicted molar refractivity (Wildman–Crippen MR) is 154 cm³/mol. The summed E-state index contributed by atoms with van der Waals surface area (Å²) in [6, 6.07) is 23.7. The Morgan fingerprint density at radius 2 is 1.68 bits per heavy atom. The lowest BCUT2D eigenvalue weighted by molar-refractivity contribution is 0.0988. The van der Waals surface area contributed by atoms with Gasteiger partial charge >= 0.3 is 0 Å². The van der Waals surface area contributed by atoms with Crippen LogP contribution >= 0.6 is 15.9 Å². The molecule has 4 aromatic rings. The summed E-state index contributed by atoms with van der Waals surface area (Å²) in [7, 11) is 0. The van der Waals surface area contributed by atoms with E-state index in [2.05, 4.69) is 101 Å². The van der Waals surface area contributed by atoms with Gasteiger partial charge in [-0.3, -0.25) is 14.7 Å². The fourth-order valence-electron chi connectivity index (χ4n) is 5.12. The van der Waals surface area contributed by atoms with Crippen LogP contribution in [0.2, 0.25) is 0 Å². The van der Waals surface area contributed by atoms with Gasteiger partial charge in [0.25, 0.3) is 0 Å². The van der Waals surface area contributed by atoms with Gasteiger partial charge in [0.1, 0.15) is 10.3 Å². The highest BCUT2D eigenvalue weighted by Gasteiger charge is 2.27. The van der Waals surface area contributed by atoms with Gasteiger partial charge in [-0.05, 0) is 46.0 Å². The highest BCUT2D eigenvalue weighted by atomic mass is 79.9. The first-order chi connectivity index (χ1) is 18.6. The number of anilines is 2. The van der Waals surface area contributed by atoms with E-state index >= 15 is 0 Å². The van der Waals surface area contributed by atoms with Crippen LogP contribution in [0.1, 0.15) is 40.0 Å². The van der Waals surface area contributed by atoms with Gasteiger partial charge in [0, 0.05) is 62.3 Å². The van der Waals surface area contributed by atoms with E-state index in [0.29, 0.717) is 10.6 Å². The van der Waals surface area contributed by atoms with E-state index in [1.165, 1.54) is 17.3 Å². The maximum absolute atomic E-state index is 13.1. The van der Waals surface area contributed by atoms with Gasteiger partial charge < -0.3 is 10.6 Å². The average Bonchev–Trinajstić information content (AvgIpc) is 2.95. The molecule has 194 valence electrons. The van der Waals surface area contributed by atoms with Crippen LogP contribution in [0.25, 0.3) is 0 Å². The third kappa shape index (κ3) is 6.44. The molecule has 0 radical (unpaired) electrons. The van der Waals surface area contributed by atoms with Crippen LogP contribution in [0.3, 0.4) is 0 Å². The van der Waals surface area contributed by atoms with Crippen LogP contribution in [0.5, 0.6) is 0 Å². The molecule has 1 saturated heterocycles. The van der Waals surface area contributed by atoms with Crippen molar-refractivity contribution < 1.29 is 4.79 Å². The lowest BCUT2D eigenvalue weighted by atomic mass is 9.99. The minimum Gasteiger partial charge on any atom is -0.382 e. The quantitative estimate of drug-likeness (QED) is 0.273. The van der Waals surface area contributed by atoms with E-state index in [1.807, 2.05) is 6.07 Å². The Balaban J connectivity index is 1.37. The van der Waals surface area contributed by atoms with E-state index in [-0.39, 0.29) is 23.7 Å². The van der Waals surface area contributed by atoms with Gasteiger partial charge in [-0.1, -0.05) is 60.7 Å². The maximum Gasteiger partial charge on any atom is 0.189 e. The standard InChI is InChI=1S/C30H31BrN6O/c31-28-18-34-30(32)29(35-28)27(38)16-24-17-33-14-13-26(24)36-15-7-12-25(21-36)37(19-22-8-3-1-4-9-22)20-23-10-5-2-6-11-23/h1-6,8-11,13-14,17-18,25H,7,12,15-16,19-21H2,(H2,32,34). The zero-order valence-electron chi connectivity index (χ0n) is 21.2. The maximum atomic E-state index is 13.1. The Morgan fingerprint density at radius 1 is 1.00 bits per heavy atom. The molecule has 0 spiro atoms. The summed E-state index contributed by atoms with van der Waals surface area (Å²) in [6.45, 7) is 3.59. The van der Waals surface area contributed by atoms with Crippen molar-refractivity contribution in [2.24, 2.45) is 0 Å². The van der Waals surface area contributed by atoms with Crippen LogP contribution in [0.4, 0.5) is 11.5 Å². The Bertz CT molecular complexity index is 1330. The molecule has 1 unspecified atom stereocenters. The molecule has 1 fully saturated rings. The van der Waals surface area contributed by atoms with E-state index in [9.17, 15) is 4.79 Å². The van der Waals surface area contributed by atoms with Gasteiger partial charge in [-0.15, -0.1) is 0 Å². The van der Waals surface area contributed by atoms with Gasteiger partial charge in [0.2, 0.25) is 0 Å². The highest BCUT2D eigenvalue weighted by molar-refractivity contribution is 9.10. The second-order valence-corrected chi connectivity index (χ2v) is 10.5. The molecule has 2 N–H and O–H groups in total. The Labute approximate surface area is 231 Å². The molecule has 1 atom stereocenters. The summed E-state index contributed by atoms with van der Waals surface area (Å²) < 4.78 is 0.484. The van der Waals surface area contributed by atoms with Crippen molar-refractivity contribution in [2.75, 3.05) is 23.7 Å². The highest BCUT2D eigenvalue weighted by Crippen LogP contribution is 2.28. The number of nitrogens with two attached hydrogens (primary N) is 1. The van der Waals surface area contributed by atoms with Gasteiger partial charge in [0.05, 0.1) is 6.20 Å². The lowest BCUT2D eigenvalue weighted by Gasteiger charge is -2.41. The lowest BCUT2D eigenvalue weighted by Crippen LogP contribution is -2.47. The number of nitrogen functional groups attached to an aromatic ring is 1. The Kier molecular flexibility index (Phi) is 8.41. The first-order valence-electron chi connectivity index (χ1n) is 12.9. The molecule has 7 nitrogen and oxygen atoms in total. The van der Waals surface area contributed by atoms with Gasteiger partial charge in [0.15, 0.2) is 11.6 Å². The molecule has 0 amide bonds. The molecule has 0 aliphatic carbocycles. The average molecular weight is 572 g/mol. The van der Waals surface area contributed by atoms with Gasteiger partial charge in [-0.2, -0.15) is 0 Å². The summed E-state index contributed by atoms with van der Waals surface area (Å²) in [5.74, 6) is -0.0342. The Morgan fingerprint density at radius 3 is 2.37 bits per heavy atom. The van der Waals surface area contributed by atoms with Crippen LogP contribution < -0.4 is 10.6 Å². The number of benzene rings is 2. The largest absolute Gasteiger partial charge is 0.382 e. The minimum atomic E-state index is -0.172. The molecule has 1 aliphatic rings. The zero-order chi connectivity index (χ0) is 26.3. The van der Waals surface area contributed by atoms with Crippen molar-refractivity contribution in [3.8, 4) is 0 Å². The molecule has 2 aromatic heterocycles. The second-order valence-electron chi connectivity index (χ2n) is 9.65. The Hall–Kier alpha value is -3.62. The number of pyridine rings is 1. The second kappa shape index (κ2) is 12.3. The molecule has 2 aromatic carbocycles. The number of hydrogen-bond acceptors (Lipinski definition) is 7. The summed E-state index contributed by atoms with van der Waals surface area (Å²) in [4.78, 5) is 30.8. The van der Waals surface area contributed by atoms with Crippen LogP contribution in [-0.4, -0.2) is 44.8 Å². The molecule has 0 bridgehead atoms. The summed E-state index contributed by atoms with van der Waals surface area (Å²) in [5, 5.41) is 0. The fourth-order valence-corrected chi connectivity index (χ4v) is 5.40. The summed E-state index contributed by atoms with van der Waals surface area (Å²) in [5.41, 5.74) is 10.7. The fraction of sp³-hybridized carbons (Fsp3) is 0.267. The SMILES string of the molecule is Nc1ncc(Br)nc1C(=O)Cc1cnccc1N1CCCC(N(Cc2ccccc2)Cc2ccccc2)C1. The topological polar surface area (TPSA) is 88.2 Å². The first kappa shape index (κ1) is 26.0. The third-order valence-electron chi connectivity index (χ3n) is 6.97. The molecule has 8 heteroatoms. The number of piperidine rings is 1. The van der Waals surface area contributed by atoms with Crippen LogP contribution in [0.15, 0.2) is 89.9 Å². The van der Waals surface area contributed by atoms with E-state index in [0.717, 1.165) is 50.3 Å². The number of carbonyl (C=O) groups excluding carboxylic acids is 1. The van der Waals surface area contributed by atoms with E-state index in [1.54, 1.807) is 12.4 Å². The predicted octanol–water partition coefficient (Wildman–Crippen LogP) is 5.31.